The Hall–Kier alpha value is -3.08. The summed E-state index contributed by atoms with van der Waals surface area (Å²) in [6.45, 7) is 0. The number of hydrogen-bond donors (Lipinski definition) is 3. The first kappa shape index (κ1) is 14.3. The fourth-order valence-electron chi connectivity index (χ4n) is 1.75. The smallest absolute Gasteiger partial charge is 0.335 e. The van der Waals surface area contributed by atoms with Crippen molar-refractivity contribution in [3.63, 3.8) is 0 Å². The lowest BCUT2D eigenvalue weighted by Crippen LogP contribution is -1.98. The van der Waals surface area contributed by atoms with Gasteiger partial charge in [-0.15, -0.1) is 0 Å². The van der Waals surface area contributed by atoms with Gasteiger partial charge in [-0.25, -0.2) is 4.79 Å². The summed E-state index contributed by atoms with van der Waals surface area (Å²) < 4.78 is 0. The molecule has 0 aliphatic heterocycles. The van der Waals surface area contributed by atoms with Crippen molar-refractivity contribution in [3.05, 3.63) is 71.3 Å². The van der Waals surface area contributed by atoms with E-state index in [1.807, 2.05) is 0 Å². The van der Waals surface area contributed by atoms with Crippen LogP contribution in [0.1, 0.15) is 26.3 Å². The molecule has 0 unspecified atom stereocenters. The van der Waals surface area contributed by atoms with Gasteiger partial charge in [0.15, 0.2) is 5.78 Å². The van der Waals surface area contributed by atoms with Gasteiger partial charge in [0, 0.05) is 11.6 Å². The molecule has 0 saturated heterocycles. The number of benzene rings is 2. The van der Waals surface area contributed by atoms with Crippen LogP contribution in [0.2, 0.25) is 0 Å². The highest BCUT2D eigenvalue weighted by Gasteiger charge is 2.10. The van der Waals surface area contributed by atoms with Crippen LogP contribution in [0.25, 0.3) is 5.76 Å². The van der Waals surface area contributed by atoms with Gasteiger partial charge in [0.05, 0.1) is 11.1 Å². The standard InChI is InChI=1S/C16H12O5/c17-13-4-2-1-3-12(13)15(19)9-14(18)10-5-7-11(8-6-10)16(20)21/h1-9,17-18H,(H,20,21). The van der Waals surface area contributed by atoms with E-state index in [0.717, 1.165) is 6.08 Å². The Balaban J connectivity index is 2.26. The maximum atomic E-state index is 11.9. The Bertz CT molecular complexity index is 714. The molecule has 0 aliphatic rings. The molecule has 2 rings (SSSR count). The molecule has 5 heteroatoms. The lowest BCUT2D eigenvalue weighted by atomic mass is 10.1. The van der Waals surface area contributed by atoms with E-state index in [4.69, 9.17) is 5.11 Å². The second-order valence-electron chi connectivity index (χ2n) is 4.29. The molecular formula is C16H12O5. The highest BCUT2D eigenvalue weighted by molar-refractivity contribution is 6.09. The van der Waals surface area contributed by atoms with E-state index in [2.05, 4.69) is 0 Å². The van der Waals surface area contributed by atoms with E-state index >= 15 is 0 Å². The molecule has 0 amide bonds. The summed E-state index contributed by atoms with van der Waals surface area (Å²) in [5.74, 6) is -2.10. The molecule has 0 aliphatic carbocycles. The minimum Gasteiger partial charge on any atom is -0.507 e. The molecule has 0 saturated carbocycles. The summed E-state index contributed by atoms with van der Waals surface area (Å²) in [5.41, 5.74) is 0.466. The van der Waals surface area contributed by atoms with Crippen LogP contribution in [0.15, 0.2) is 54.6 Å². The molecular weight excluding hydrogens is 272 g/mol. The van der Waals surface area contributed by atoms with Crippen molar-refractivity contribution in [2.45, 2.75) is 0 Å². The number of hydrogen-bond acceptors (Lipinski definition) is 4. The Morgan fingerprint density at radius 3 is 2.00 bits per heavy atom. The first-order valence-corrected chi connectivity index (χ1v) is 6.06. The molecule has 0 heterocycles. The zero-order chi connectivity index (χ0) is 15.4. The summed E-state index contributed by atoms with van der Waals surface area (Å²) in [4.78, 5) is 22.7. The Labute approximate surface area is 120 Å². The second-order valence-corrected chi connectivity index (χ2v) is 4.29. The first-order chi connectivity index (χ1) is 9.99. The number of rotatable bonds is 4. The molecule has 5 nitrogen and oxygen atoms in total. The number of carboxylic acids is 1. The van der Waals surface area contributed by atoms with Gasteiger partial charge in [0.2, 0.25) is 0 Å². The van der Waals surface area contributed by atoms with Crippen LogP contribution in [-0.4, -0.2) is 27.1 Å². The number of para-hydroxylation sites is 1. The third-order valence-corrected chi connectivity index (χ3v) is 2.86. The minimum absolute atomic E-state index is 0.0752. The predicted molar refractivity (Wildman–Crippen MR) is 76.4 cm³/mol. The van der Waals surface area contributed by atoms with Crippen LogP contribution in [0.5, 0.6) is 5.75 Å². The van der Waals surface area contributed by atoms with E-state index in [0.29, 0.717) is 5.56 Å². The average Bonchev–Trinajstić information content (AvgIpc) is 2.47. The summed E-state index contributed by atoms with van der Waals surface area (Å²) in [6, 6.07) is 11.4. The van der Waals surface area contributed by atoms with Gasteiger partial charge in [0.1, 0.15) is 11.5 Å². The quantitative estimate of drug-likeness (QED) is 0.456. The molecule has 0 spiro atoms. The SMILES string of the molecule is O=C(O)c1ccc(C(O)=CC(=O)c2ccccc2O)cc1. The molecule has 21 heavy (non-hydrogen) atoms. The van der Waals surface area contributed by atoms with Crippen LogP contribution in [0.3, 0.4) is 0 Å². The zero-order valence-electron chi connectivity index (χ0n) is 10.9. The maximum Gasteiger partial charge on any atom is 0.335 e. The van der Waals surface area contributed by atoms with E-state index in [9.17, 15) is 19.8 Å². The summed E-state index contributed by atoms with van der Waals surface area (Å²) in [5, 5.41) is 28.2. The summed E-state index contributed by atoms with van der Waals surface area (Å²) >= 11 is 0. The van der Waals surface area contributed by atoms with Crippen molar-refractivity contribution in [2.75, 3.05) is 0 Å². The molecule has 3 N–H and O–H groups in total. The molecule has 0 bridgehead atoms. The van der Waals surface area contributed by atoms with E-state index in [1.165, 1.54) is 36.4 Å². The number of aromatic carboxylic acids is 1. The Morgan fingerprint density at radius 1 is 0.857 bits per heavy atom. The number of phenolic OH excluding ortho intramolecular Hbond substituents is 1. The minimum atomic E-state index is -1.07. The van der Waals surface area contributed by atoms with Gasteiger partial charge < -0.3 is 15.3 Å². The van der Waals surface area contributed by atoms with Crippen LogP contribution < -0.4 is 0 Å². The van der Waals surface area contributed by atoms with Crippen molar-refractivity contribution in [1.29, 1.82) is 0 Å². The summed E-state index contributed by atoms with van der Waals surface area (Å²) in [7, 11) is 0. The lowest BCUT2D eigenvalue weighted by molar-refractivity contribution is 0.0696. The third-order valence-electron chi connectivity index (χ3n) is 2.86. The highest BCUT2D eigenvalue weighted by Crippen LogP contribution is 2.19. The van der Waals surface area contributed by atoms with Crippen LogP contribution in [0.4, 0.5) is 0 Å². The second kappa shape index (κ2) is 5.92. The number of aliphatic hydroxyl groups is 1. The monoisotopic (exact) mass is 284 g/mol. The Kier molecular flexibility index (Phi) is 4.04. The molecule has 0 radical (unpaired) electrons. The van der Waals surface area contributed by atoms with E-state index < -0.39 is 11.8 Å². The number of carboxylic acid groups (broad SMARTS) is 1. The molecule has 106 valence electrons. The van der Waals surface area contributed by atoms with Crippen LogP contribution in [-0.2, 0) is 0 Å². The largest absolute Gasteiger partial charge is 0.507 e. The Morgan fingerprint density at radius 2 is 1.43 bits per heavy atom. The molecule has 2 aromatic rings. The normalized spacial score (nSPS) is 11.1. The number of aliphatic hydroxyl groups excluding tert-OH is 1. The zero-order valence-corrected chi connectivity index (χ0v) is 10.9. The molecule has 0 atom stereocenters. The van der Waals surface area contributed by atoms with Crippen molar-refractivity contribution in [3.8, 4) is 5.75 Å². The van der Waals surface area contributed by atoms with Gasteiger partial charge >= 0.3 is 5.97 Å². The summed E-state index contributed by atoms with van der Waals surface area (Å²) in [6.07, 6.45) is 0.977. The van der Waals surface area contributed by atoms with Crippen LogP contribution in [0, 0.1) is 0 Å². The molecule has 2 aromatic carbocycles. The van der Waals surface area contributed by atoms with E-state index in [1.54, 1.807) is 12.1 Å². The van der Waals surface area contributed by atoms with Crippen molar-refractivity contribution in [2.24, 2.45) is 0 Å². The lowest BCUT2D eigenvalue weighted by Gasteiger charge is -2.03. The topological polar surface area (TPSA) is 94.8 Å². The molecule has 0 fully saturated rings. The van der Waals surface area contributed by atoms with Gasteiger partial charge in [-0.05, 0) is 24.3 Å². The van der Waals surface area contributed by atoms with Gasteiger partial charge in [0.25, 0.3) is 0 Å². The molecule has 0 aromatic heterocycles. The van der Waals surface area contributed by atoms with Gasteiger partial charge in [-0.3, -0.25) is 4.79 Å². The third kappa shape index (κ3) is 3.27. The average molecular weight is 284 g/mol. The number of allylic oxidation sites excluding steroid dienone is 1. The number of carbonyl (C=O) groups excluding carboxylic acids is 1. The van der Waals surface area contributed by atoms with Crippen molar-refractivity contribution >= 4 is 17.5 Å². The number of ketones is 1. The van der Waals surface area contributed by atoms with Crippen molar-refractivity contribution < 1.29 is 24.9 Å². The number of aromatic hydroxyl groups is 1. The highest BCUT2D eigenvalue weighted by atomic mass is 16.4. The maximum absolute atomic E-state index is 11.9. The van der Waals surface area contributed by atoms with Gasteiger partial charge in [-0.2, -0.15) is 0 Å². The van der Waals surface area contributed by atoms with Crippen LogP contribution >= 0.6 is 0 Å². The predicted octanol–water partition coefficient (Wildman–Crippen LogP) is 2.87. The number of phenols is 1. The first-order valence-electron chi connectivity index (χ1n) is 6.06. The number of carbonyl (C=O) groups is 2. The fourth-order valence-corrected chi connectivity index (χ4v) is 1.75. The van der Waals surface area contributed by atoms with Crippen molar-refractivity contribution in [1.82, 2.24) is 0 Å². The van der Waals surface area contributed by atoms with E-state index in [-0.39, 0.29) is 22.6 Å². The van der Waals surface area contributed by atoms with Gasteiger partial charge in [-0.1, -0.05) is 24.3 Å². The fraction of sp³-hybridized carbons (Fsp3) is 0.